The molecule has 0 unspecified atom stereocenters. The smallest absolute Gasteiger partial charge is 0.238 e. The first kappa shape index (κ1) is 87.9. The summed E-state index contributed by atoms with van der Waals surface area (Å²) < 4.78 is 39.7. The Morgan fingerprint density at radius 1 is 0.510 bits per heavy atom. The third-order valence-corrected chi connectivity index (χ3v) is 17.3. The van der Waals surface area contributed by atoms with E-state index in [2.05, 4.69) is 206 Å². The second kappa shape index (κ2) is 39.7. The van der Waals surface area contributed by atoms with Gasteiger partial charge in [-0.3, -0.25) is 19.9 Å². The minimum absolute atomic E-state index is 0.0688. The Morgan fingerprint density at radius 2 is 1.02 bits per heavy atom. The minimum atomic E-state index is -3.59. The van der Waals surface area contributed by atoms with Crippen LogP contribution in [0.2, 0.25) is 15.1 Å². The summed E-state index contributed by atoms with van der Waals surface area (Å²) >= 11 is 17.6. The van der Waals surface area contributed by atoms with Crippen molar-refractivity contribution in [2.45, 2.75) is 208 Å². The first-order chi connectivity index (χ1) is 45.1. The minimum Gasteiger partial charge on any atom is -0.495 e. The first-order valence-corrected chi connectivity index (χ1v) is 36.4. The zero-order valence-electron chi connectivity index (χ0n) is 63.5. The highest BCUT2D eigenvalue weighted by Gasteiger charge is 2.22. The molecule has 0 radical (unpaired) electrons. The van der Waals surface area contributed by atoms with Crippen LogP contribution in [0.3, 0.4) is 0 Å². The van der Waals surface area contributed by atoms with Crippen molar-refractivity contribution >= 4 is 50.5 Å². The molecule has 15 heteroatoms. The van der Waals surface area contributed by atoms with E-state index in [1.807, 2.05) is 118 Å². The molecule has 1 aliphatic heterocycles. The van der Waals surface area contributed by atoms with Crippen LogP contribution >= 0.6 is 34.8 Å². The molecule has 1 fully saturated rings. The number of primary sulfonamides is 1. The maximum absolute atomic E-state index is 12.5. The zero-order valence-corrected chi connectivity index (χ0v) is 66.6. The second-order valence-corrected chi connectivity index (χ2v) is 34.6. The highest BCUT2D eigenvalue weighted by molar-refractivity contribution is 7.89. The Hall–Kier alpha value is -6.22. The van der Waals surface area contributed by atoms with Gasteiger partial charge in [0.15, 0.2) is 0 Å². The van der Waals surface area contributed by atoms with E-state index in [9.17, 15) is 12.8 Å². The van der Waals surface area contributed by atoms with Crippen LogP contribution in [0.4, 0.5) is 10.1 Å². The van der Waals surface area contributed by atoms with Crippen LogP contribution in [0.25, 0.3) is 0 Å². The predicted octanol–water partition coefficient (Wildman–Crippen LogP) is 21.8. The number of hydrogen-bond donors (Lipinski definition) is 2. The highest BCUT2D eigenvalue weighted by atomic mass is 35.5. The van der Waals surface area contributed by atoms with E-state index in [-0.39, 0.29) is 55.2 Å². The van der Waals surface area contributed by atoms with Crippen LogP contribution in [0.15, 0.2) is 187 Å². The molecule has 3 N–H and O–H groups in total. The average molecular weight is 1420 g/mol. The molecule has 0 bridgehead atoms. The van der Waals surface area contributed by atoms with E-state index in [0.717, 1.165) is 70.5 Å². The number of hydrogen-bond acceptors (Lipinski definition) is 9. The number of benzene rings is 5. The fraction of sp³-hybridized carbons (Fsp3) is 0.458. The Labute approximate surface area is 607 Å². The molecule has 0 aliphatic carbocycles. The summed E-state index contributed by atoms with van der Waals surface area (Å²) in [6, 6.07) is 49.7. The fourth-order valence-corrected chi connectivity index (χ4v) is 10.4. The maximum atomic E-state index is 12.5. The molecule has 0 atom stereocenters. The Kier molecular flexibility index (Phi) is 35.6. The van der Waals surface area contributed by atoms with Crippen molar-refractivity contribution in [1.29, 1.82) is 0 Å². The van der Waals surface area contributed by atoms with Crippen LogP contribution in [0, 0.1) is 5.82 Å². The summed E-state index contributed by atoms with van der Waals surface area (Å²) in [4.78, 5) is 17.7. The van der Waals surface area contributed by atoms with Gasteiger partial charge in [-0.2, -0.15) is 0 Å². The van der Waals surface area contributed by atoms with Gasteiger partial charge in [0.25, 0.3) is 0 Å². The number of nitrogens with two attached hydrogens (primary N) is 1. The summed E-state index contributed by atoms with van der Waals surface area (Å²) in [5, 5.41) is 16.5. The van der Waals surface area contributed by atoms with Crippen molar-refractivity contribution in [1.82, 2.24) is 19.9 Å². The molecule has 5 aromatic carbocycles. The first-order valence-electron chi connectivity index (χ1n) is 33.7. The molecule has 1 aliphatic rings. The molecule has 10 nitrogen and oxygen atoms in total. The normalized spacial score (nSPS) is 12.8. The molecule has 0 saturated carbocycles. The van der Waals surface area contributed by atoms with Gasteiger partial charge < -0.3 is 14.7 Å². The van der Waals surface area contributed by atoms with Crippen molar-refractivity contribution in [3.05, 3.63) is 248 Å². The Bertz CT molecular complexity index is 3610. The van der Waals surface area contributed by atoms with Crippen LogP contribution in [-0.2, 0) is 47.9 Å². The summed E-state index contributed by atoms with van der Waals surface area (Å²) in [5.74, 6) is 1.24. The van der Waals surface area contributed by atoms with Gasteiger partial charge in [-0.25, -0.2) is 17.9 Å². The highest BCUT2D eigenvalue weighted by Crippen LogP contribution is 2.31. The van der Waals surface area contributed by atoms with Gasteiger partial charge in [0.1, 0.15) is 11.6 Å². The number of ether oxygens (including phenoxy) is 1. The Morgan fingerprint density at radius 3 is 1.41 bits per heavy atom. The van der Waals surface area contributed by atoms with Crippen LogP contribution in [0.5, 0.6) is 5.75 Å². The molecule has 4 heterocycles. The molecule has 1 saturated heterocycles. The fourth-order valence-electron chi connectivity index (χ4n) is 9.12. The monoisotopic (exact) mass is 1420 g/mol. The van der Waals surface area contributed by atoms with Crippen molar-refractivity contribution in [2.24, 2.45) is 5.14 Å². The molecule has 538 valence electrons. The van der Waals surface area contributed by atoms with Gasteiger partial charge in [-0.05, 0) is 151 Å². The number of nitrogens with zero attached hydrogens (tertiary/aromatic N) is 5. The lowest BCUT2D eigenvalue weighted by Gasteiger charge is -2.36. The number of halogens is 4. The number of β-amino-alcohol motifs (C(OH)–C–C–N with tert-alkyl or cyclic N) is 1. The average Bonchev–Trinajstić information content (AvgIpc) is 0.813. The lowest BCUT2D eigenvalue weighted by Crippen LogP contribution is -2.47. The Balaban J connectivity index is 0.000000385. The van der Waals surface area contributed by atoms with Crippen molar-refractivity contribution < 1.29 is 22.7 Å². The van der Waals surface area contributed by atoms with Crippen molar-refractivity contribution in [3.63, 3.8) is 0 Å². The van der Waals surface area contributed by atoms with Gasteiger partial charge >= 0.3 is 0 Å². The standard InChI is InChI=1S/C15H25N3O.3C10H13Cl.C10H13F.C10H15NO2S.C10H15NO.C8H11N/c1-15(2,3)14-12-13(4-5-16-14)18-8-6-17(7-9-18)10-11-19;1-10(2,3)8-4-6-9(11)7-5-8;1-10(2,3)8-5-4-6-9(11)7-8;1-10(2,3)8-6-4-5-7-9(8)11;1-10(2,3)8-4-6-9(11)7-5-8;1-10(2,3)8-5-4-6-9(7-8)14(11,12)13;1-10(2,3)9-6-5-8(12-4)7-11-9;1-7(2)8-4-3-5-9-6-8/h4-5,12,19H,6-11H2,1-3H3;4*4-7H,1-3H3;4-7H,1-3H3,(H2,11,12,13);5-7H,1-4H3;3-7H,1-2H3. The molecule has 98 heavy (non-hydrogen) atoms. The van der Waals surface area contributed by atoms with Gasteiger partial charge in [-0.15, -0.1) is 0 Å². The van der Waals surface area contributed by atoms with E-state index in [1.165, 1.54) is 51.7 Å². The lowest BCUT2D eigenvalue weighted by atomic mass is 9.87. The van der Waals surface area contributed by atoms with Crippen LogP contribution < -0.4 is 14.8 Å². The molecule has 0 spiro atoms. The molecule has 3 aromatic heterocycles. The van der Waals surface area contributed by atoms with Gasteiger partial charge in [0, 0.05) is 94.3 Å². The number of piperazine rings is 1. The second-order valence-electron chi connectivity index (χ2n) is 31.8. The third-order valence-electron chi connectivity index (χ3n) is 15.6. The zero-order chi connectivity index (χ0) is 74.7. The van der Waals surface area contributed by atoms with Gasteiger partial charge in [0.05, 0.1) is 24.8 Å². The topological polar surface area (TPSA) is 135 Å². The predicted molar refractivity (Wildman–Crippen MR) is 419 cm³/mol. The van der Waals surface area contributed by atoms with Crippen molar-refractivity contribution in [3.8, 4) is 5.75 Å². The van der Waals surface area contributed by atoms with E-state index >= 15 is 0 Å². The van der Waals surface area contributed by atoms with Crippen molar-refractivity contribution in [2.75, 3.05) is 51.3 Å². The number of aliphatic hydroxyl groups is 1. The largest absolute Gasteiger partial charge is 0.495 e. The number of rotatable bonds is 6. The SMILES string of the molecule is CC(C)(C)c1cc(N2CCN(CCO)CC2)ccn1.CC(C)(C)c1ccc(Cl)cc1.CC(C)(C)c1ccc(F)cc1.CC(C)(C)c1cccc(Cl)c1.CC(C)(C)c1cccc(S(N)(=O)=O)c1.CC(C)(C)c1ccccc1Cl.CC(C)c1cccnc1.COc1ccc(C(C)(C)C)nc1. The van der Waals surface area contributed by atoms with E-state index in [4.69, 9.17) is 49.8 Å². The van der Waals surface area contributed by atoms with Crippen LogP contribution in [0.1, 0.15) is 210 Å². The quantitative estimate of drug-likeness (QED) is 0.167. The van der Waals surface area contributed by atoms with E-state index in [1.54, 1.807) is 31.6 Å². The number of anilines is 1. The number of aromatic nitrogens is 3. The molecule has 8 aromatic rings. The van der Waals surface area contributed by atoms with E-state index in [0.29, 0.717) is 5.92 Å². The number of aliphatic hydroxyl groups excluding tert-OH is 1. The van der Waals surface area contributed by atoms with Gasteiger partial charge in [0.2, 0.25) is 10.0 Å². The molecular weight excluding hydrogens is 1300 g/mol. The summed E-state index contributed by atoms with van der Waals surface area (Å²) in [6.45, 7) is 54.5. The maximum Gasteiger partial charge on any atom is 0.238 e. The lowest BCUT2D eigenvalue weighted by molar-refractivity contribution is 0.189. The number of sulfonamides is 1. The summed E-state index contributed by atoms with van der Waals surface area (Å²) in [5.41, 5.74) is 11.6. The molecular formula is C83H118Cl3FN6O4S. The summed E-state index contributed by atoms with van der Waals surface area (Å²) in [6.07, 6.45) is 7.37. The third kappa shape index (κ3) is 34.2. The summed E-state index contributed by atoms with van der Waals surface area (Å²) in [7, 11) is -1.94. The molecule has 9 rings (SSSR count). The number of methoxy groups -OCH3 is 1. The van der Waals surface area contributed by atoms with Gasteiger partial charge in [-0.1, -0.05) is 267 Å². The number of pyridine rings is 3. The molecule has 0 amide bonds. The van der Waals surface area contributed by atoms with Crippen LogP contribution in [-0.4, -0.2) is 79.8 Å². The van der Waals surface area contributed by atoms with E-state index < -0.39 is 10.0 Å².